The van der Waals surface area contributed by atoms with Crippen LogP contribution >= 0.6 is 0 Å². The van der Waals surface area contributed by atoms with E-state index in [1.807, 2.05) is 12.1 Å². The van der Waals surface area contributed by atoms with Gasteiger partial charge in [-0.3, -0.25) is 4.99 Å². The monoisotopic (exact) mass is 311 g/mol. The smallest absolute Gasteiger partial charge is 0.166 e. The van der Waals surface area contributed by atoms with Crippen molar-refractivity contribution < 1.29 is 14.7 Å². The van der Waals surface area contributed by atoms with Gasteiger partial charge in [0.25, 0.3) is 0 Å². The quantitative estimate of drug-likeness (QED) is 0.825. The molecule has 1 aliphatic rings. The molecule has 1 fully saturated rings. The Kier molecular flexibility index (Phi) is 4.93. The lowest BCUT2D eigenvalue weighted by Crippen LogP contribution is -3.09. The Morgan fingerprint density at radius 2 is 2.04 bits per heavy atom. The van der Waals surface area contributed by atoms with Crippen LogP contribution in [0.1, 0.15) is 17.5 Å². The van der Waals surface area contributed by atoms with Gasteiger partial charge in [-0.2, -0.15) is 0 Å². The van der Waals surface area contributed by atoms with Crippen LogP contribution in [0.3, 0.4) is 0 Å². The molecule has 0 aromatic heterocycles. The molecule has 2 atom stereocenters. The van der Waals surface area contributed by atoms with Crippen molar-refractivity contribution in [3.05, 3.63) is 59.7 Å². The third kappa shape index (κ3) is 3.90. The fourth-order valence-corrected chi connectivity index (χ4v) is 3.07. The Morgan fingerprint density at radius 3 is 2.83 bits per heavy atom. The number of ether oxygens (including phenoxy) is 1. The summed E-state index contributed by atoms with van der Waals surface area (Å²) in [5.41, 5.74) is 2.08. The normalized spacial score (nSPS) is 20.9. The second-order valence-electron chi connectivity index (χ2n) is 5.99. The second kappa shape index (κ2) is 7.29. The first-order chi connectivity index (χ1) is 11.3. The molecule has 2 N–H and O–H groups in total. The Bertz CT molecular complexity index is 670. The number of benzene rings is 2. The molecule has 0 aliphatic carbocycles. The Balaban J connectivity index is 1.59. The van der Waals surface area contributed by atoms with Gasteiger partial charge in [-0.05, 0) is 12.1 Å². The average molecular weight is 311 g/mol. The largest absolute Gasteiger partial charge is 0.504 e. The third-order valence-corrected chi connectivity index (χ3v) is 4.33. The first-order valence-electron chi connectivity index (χ1n) is 8.03. The van der Waals surface area contributed by atoms with Gasteiger partial charge >= 0.3 is 0 Å². The number of nitrogens with zero attached hydrogens (tertiary/aromatic N) is 1. The molecule has 1 saturated heterocycles. The minimum atomic E-state index is 0.158. The summed E-state index contributed by atoms with van der Waals surface area (Å²) in [5.74, 6) is 0.641. The van der Waals surface area contributed by atoms with E-state index in [1.165, 1.54) is 5.56 Å². The van der Waals surface area contributed by atoms with Gasteiger partial charge in [-0.15, -0.1) is 0 Å². The van der Waals surface area contributed by atoms with Crippen molar-refractivity contribution in [2.75, 3.05) is 20.2 Å². The molecule has 0 bridgehead atoms. The topological polar surface area (TPSA) is 46.3 Å². The van der Waals surface area contributed by atoms with E-state index in [9.17, 15) is 5.11 Å². The third-order valence-electron chi connectivity index (χ3n) is 4.33. The highest BCUT2D eigenvalue weighted by atomic mass is 16.5. The summed E-state index contributed by atoms with van der Waals surface area (Å²) in [4.78, 5) is 6.22. The van der Waals surface area contributed by atoms with Gasteiger partial charge in [-0.1, -0.05) is 36.4 Å². The number of hydrogen-bond acceptors (Lipinski definition) is 3. The zero-order valence-corrected chi connectivity index (χ0v) is 13.4. The first-order valence-corrected chi connectivity index (χ1v) is 8.03. The molecule has 0 saturated carbocycles. The van der Waals surface area contributed by atoms with Crippen LogP contribution in [0.15, 0.2) is 53.5 Å². The predicted molar refractivity (Wildman–Crippen MR) is 91.5 cm³/mol. The van der Waals surface area contributed by atoms with Gasteiger partial charge in [0.1, 0.15) is 19.1 Å². The summed E-state index contributed by atoms with van der Waals surface area (Å²) in [5, 5.41) is 10.1. The van der Waals surface area contributed by atoms with E-state index in [1.54, 1.807) is 24.3 Å². The number of aromatic hydroxyl groups is 1. The molecule has 3 rings (SSSR count). The highest BCUT2D eigenvalue weighted by molar-refractivity contribution is 5.84. The van der Waals surface area contributed by atoms with Gasteiger partial charge in [0.15, 0.2) is 11.5 Å². The lowest BCUT2D eigenvalue weighted by molar-refractivity contribution is -0.901. The zero-order chi connectivity index (χ0) is 16.1. The molecule has 1 aliphatic heterocycles. The molecule has 1 unspecified atom stereocenters. The lowest BCUT2D eigenvalue weighted by Gasteiger charge is -2.12. The van der Waals surface area contributed by atoms with E-state index in [0.717, 1.165) is 26.1 Å². The predicted octanol–water partition coefficient (Wildman–Crippen LogP) is 1.68. The summed E-state index contributed by atoms with van der Waals surface area (Å²) in [7, 11) is 1.55. The molecule has 0 spiro atoms. The SMILES string of the molecule is COc1cccc(C=N[C@@H]2CC[NH+](Cc3ccccc3)C2)c1O. The fourth-order valence-electron chi connectivity index (χ4n) is 3.07. The van der Waals surface area contributed by atoms with E-state index in [2.05, 4.69) is 35.3 Å². The molecule has 120 valence electrons. The van der Waals surface area contributed by atoms with Crippen LogP contribution in [0.25, 0.3) is 0 Å². The van der Waals surface area contributed by atoms with Crippen LogP contribution in [-0.2, 0) is 6.54 Å². The molecular weight excluding hydrogens is 288 g/mol. The molecular formula is C19H23N2O2+. The van der Waals surface area contributed by atoms with Crippen LogP contribution in [0, 0.1) is 0 Å². The standard InChI is InChI=1S/C19H22N2O2/c1-23-18-9-5-8-16(19(18)22)12-20-17-10-11-21(14-17)13-15-6-3-2-4-7-15/h2-9,12,17,22H,10-11,13-14H2,1H3/p+1/t17-/m1/s1. The van der Waals surface area contributed by atoms with E-state index >= 15 is 0 Å². The number of rotatable bonds is 5. The first kappa shape index (κ1) is 15.6. The molecule has 0 radical (unpaired) electrons. The Hall–Kier alpha value is -2.33. The van der Waals surface area contributed by atoms with E-state index < -0.39 is 0 Å². The molecule has 23 heavy (non-hydrogen) atoms. The van der Waals surface area contributed by atoms with Crippen molar-refractivity contribution >= 4 is 6.21 Å². The number of aliphatic imine (C=N–C) groups is 1. The van der Waals surface area contributed by atoms with Crippen LogP contribution in [0.2, 0.25) is 0 Å². The van der Waals surface area contributed by atoms with E-state index in [0.29, 0.717) is 17.4 Å². The molecule has 4 nitrogen and oxygen atoms in total. The maximum absolute atomic E-state index is 10.1. The van der Waals surface area contributed by atoms with Crippen molar-refractivity contribution in [2.24, 2.45) is 4.99 Å². The van der Waals surface area contributed by atoms with E-state index in [4.69, 9.17) is 4.74 Å². The molecule has 1 heterocycles. The number of likely N-dealkylation sites (tertiary alicyclic amines) is 1. The summed E-state index contributed by atoms with van der Waals surface area (Å²) in [6.07, 6.45) is 2.86. The van der Waals surface area contributed by atoms with Crippen molar-refractivity contribution in [3.63, 3.8) is 0 Å². The number of hydrogen-bond donors (Lipinski definition) is 2. The molecule has 4 heteroatoms. The minimum Gasteiger partial charge on any atom is -0.504 e. The van der Waals surface area contributed by atoms with Gasteiger partial charge in [0, 0.05) is 23.8 Å². The van der Waals surface area contributed by atoms with Gasteiger partial charge < -0.3 is 14.7 Å². The number of quaternary nitrogens is 1. The number of methoxy groups -OCH3 is 1. The van der Waals surface area contributed by atoms with Crippen molar-refractivity contribution in [3.8, 4) is 11.5 Å². The lowest BCUT2D eigenvalue weighted by atomic mass is 10.2. The maximum atomic E-state index is 10.1. The maximum Gasteiger partial charge on any atom is 0.166 e. The van der Waals surface area contributed by atoms with Crippen LogP contribution in [0.4, 0.5) is 0 Å². The van der Waals surface area contributed by atoms with Crippen LogP contribution < -0.4 is 9.64 Å². The Morgan fingerprint density at radius 1 is 1.22 bits per heavy atom. The van der Waals surface area contributed by atoms with Gasteiger partial charge in [0.05, 0.1) is 13.7 Å². The van der Waals surface area contributed by atoms with Crippen molar-refractivity contribution in [2.45, 2.75) is 19.0 Å². The Labute approximate surface area is 137 Å². The molecule has 0 amide bonds. The highest BCUT2D eigenvalue weighted by Crippen LogP contribution is 2.28. The zero-order valence-electron chi connectivity index (χ0n) is 13.4. The molecule has 2 aromatic carbocycles. The van der Waals surface area contributed by atoms with Gasteiger partial charge in [0.2, 0.25) is 0 Å². The van der Waals surface area contributed by atoms with Crippen molar-refractivity contribution in [1.82, 2.24) is 0 Å². The molecule has 2 aromatic rings. The fraction of sp³-hybridized carbons (Fsp3) is 0.316. The number of nitrogens with one attached hydrogen (secondary N) is 1. The minimum absolute atomic E-state index is 0.158. The second-order valence-corrected chi connectivity index (χ2v) is 5.99. The van der Waals surface area contributed by atoms with Crippen LogP contribution in [-0.4, -0.2) is 37.6 Å². The van der Waals surface area contributed by atoms with Crippen LogP contribution in [0.5, 0.6) is 11.5 Å². The number of phenolic OH excluding ortho intramolecular Hbond substituents is 1. The summed E-state index contributed by atoms with van der Waals surface area (Å²) in [6.45, 7) is 3.23. The summed E-state index contributed by atoms with van der Waals surface area (Å²) >= 11 is 0. The van der Waals surface area contributed by atoms with E-state index in [-0.39, 0.29) is 5.75 Å². The van der Waals surface area contributed by atoms with Crippen molar-refractivity contribution in [1.29, 1.82) is 0 Å². The number of phenols is 1. The average Bonchev–Trinajstić information content (AvgIpc) is 3.02. The number of para-hydroxylation sites is 1. The highest BCUT2D eigenvalue weighted by Gasteiger charge is 2.25. The summed E-state index contributed by atoms with van der Waals surface area (Å²) in [6, 6.07) is 16.4. The summed E-state index contributed by atoms with van der Waals surface area (Å²) < 4.78 is 5.13. The van der Waals surface area contributed by atoms with Gasteiger partial charge in [-0.25, -0.2) is 0 Å².